The highest BCUT2D eigenvalue weighted by Gasteiger charge is 2.49. The molecule has 0 aromatic heterocycles. The van der Waals surface area contributed by atoms with Crippen LogP contribution in [0.15, 0.2) is 47.6 Å². The van der Waals surface area contributed by atoms with E-state index in [4.69, 9.17) is 14.2 Å². The molecule has 146 valence electrons. The van der Waals surface area contributed by atoms with Gasteiger partial charge in [-0.15, -0.1) is 5.01 Å². The van der Waals surface area contributed by atoms with Crippen LogP contribution in [-0.2, 0) is 10.3 Å². The Morgan fingerprint density at radius 2 is 1.61 bits per heavy atom. The molecule has 1 heterocycles. The quantitative estimate of drug-likeness (QED) is 0.612. The van der Waals surface area contributed by atoms with Gasteiger partial charge in [0.05, 0.1) is 33.1 Å². The van der Waals surface area contributed by atoms with Crippen molar-refractivity contribution in [1.29, 1.82) is 0 Å². The number of carbonyl (C=O) groups is 2. The zero-order chi connectivity index (χ0) is 20.3. The van der Waals surface area contributed by atoms with Gasteiger partial charge in [-0.1, -0.05) is 30.3 Å². The Morgan fingerprint density at radius 1 is 1.00 bits per heavy atom. The number of imide groups is 1. The van der Waals surface area contributed by atoms with E-state index in [1.807, 2.05) is 6.07 Å². The van der Waals surface area contributed by atoms with Gasteiger partial charge in [-0.2, -0.15) is 5.10 Å². The number of urea groups is 1. The third kappa shape index (κ3) is 3.24. The molecular formula is C20H21N3O5. The van der Waals surface area contributed by atoms with Gasteiger partial charge in [0.15, 0.2) is 0 Å². The number of ether oxygens (including phenoxy) is 3. The summed E-state index contributed by atoms with van der Waals surface area (Å²) in [5, 5.41) is 7.60. The first kappa shape index (κ1) is 19.2. The van der Waals surface area contributed by atoms with Crippen LogP contribution in [0.2, 0.25) is 0 Å². The number of hydrogen-bond donors (Lipinski definition) is 1. The van der Waals surface area contributed by atoms with E-state index in [1.54, 1.807) is 43.3 Å². The van der Waals surface area contributed by atoms with Crippen molar-refractivity contribution in [3.05, 3.63) is 53.6 Å². The second kappa shape index (κ2) is 7.59. The largest absolute Gasteiger partial charge is 0.496 e. The third-order valence-corrected chi connectivity index (χ3v) is 4.58. The first-order valence-corrected chi connectivity index (χ1v) is 8.50. The molecule has 1 N–H and O–H groups in total. The fourth-order valence-electron chi connectivity index (χ4n) is 2.97. The monoisotopic (exact) mass is 383 g/mol. The van der Waals surface area contributed by atoms with E-state index in [0.717, 1.165) is 5.01 Å². The molecule has 0 bridgehead atoms. The fraction of sp³-hybridized carbons (Fsp3) is 0.250. The molecule has 8 nitrogen and oxygen atoms in total. The molecule has 3 rings (SSSR count). The van der Waals surface area contributed by atoms with E-state index < -0.39 is 17.5 Å². The lowest BCUT2D eigenvalue weighted by Gasteiger charge is -2.21. The Balaban J connectivity index is 1.95. The van der Waals surface area contributed by atoms with Crippen molar-refractivity contribution in [2.45, 2.75) is 12.5 Å². The van der Waals surface area contributed by atoms with Crippen LogP contribution >= 0.6 is 0 Å². The minimum Gasteiger partial charge on any atom is -0.496 e. The summed E-state index contributed by atoms with van der Waals surface area (Å²) in [5.41, 5.74) is -0.0468. The summed E-state index contributed by atoms with van der Waals surface area (Å²) in [7, 11) is 4.51. The fourth-order valence-corrected chi connectivity index (χ4v) is 2.97. The predicted octanol–water partition coefficient (Wildman–Crippen LogP) is 2.51. The van der Waals surface area contributed by atoms with Gasteiger partial charge in [0.1, 0.15) is 22.8 Å². The lowest BCUT2D eigenvalue weighted by atomic mass is 9.92. The van der Waals surface area contributed by atoms with E-state index in [2.05, 4.69) is 10.4 Å². The van der Waals surface area contributed by atoms with Crippen molar-refractivity contribution in [2.75, 3.05) is 21.3 Å². The van der Waals surface area contributed by atoms with Crippen LogP contribution in [0.25, 0.3) is 0 Å². The number of hydrazone groups is 1. The summed E-state index contributed by atoms with van der Waals surface area (Å²) < 4.78 is 15.9. The molecule has 1 saturated heterocycles. The van der Waals surface area contributed by atoms with E-state index in [-0.39, 0.29) is 0 Å². The van der Waals surface area contributed by atoms with E-state index in [9.17, 15) is 9.59 Å². The summed E-state index contributed by atoms with van der Waals surface area (Å²) in [6, 6.07) is 11.7. The normalized spacial score (nSPS) is 19.1. The highest BCUT2D eigenvalue weighted by Crippen LogP contribution is 2.33. The van der Waals surface area contributed by atoms with Crippen LogP contribution in [0, 0.1) is 0 Å². The summed E-state index contributed by atoms with van der Waals surface area (Å²) >= 11 is 0. The smallest absolute Gasteiger partial charge is 0.346 e. The first-order valence-electron chi connectivity index (χ1n) is 8.50. The Hall–Kier alpha value is -3.55. The van der Waals surface area contributed by atoms with Crippen molar-refractivity contribution < 1.29 is 23.8 Å². The Labute approximate surface area is 162 Å². The van der Waals surface area contributed by atoms with Gasteiger partial charge in [-0.3, -0.25) is 4.79 Å². The molecule has 0 unspecified atom stereocenters. The van der Waals surface area contributed by atoms with Crippen molar-refractivity contribution in [1.82, 2.24) is 10.3 Å². The summed E-state index contributed by atoms with van der Waals surface area (Å²) in [6.45, 7) is 1.65. The molecule has 0 saturated carbocycles. The molecule has 2 aromatic rings. The van der Waals surface area contributed by atoms with Gasteiger partial charge in [0.2, 0.25) is 0 Å². The molecule has 1 atom stereocenters. The van der Waals surface area contributed by atoms with E-state index >= 15 is 0 Å². The highest BCUT2D eigenvalue weighted by atomic mass is 16.5. The van der Waals surface area contributed by atoms with Crippen LogP contribution in [0.5, 0.6) is 17.2 Å². The number of benzene rings is 2. The molecule has 1 aliphatic rings. The van der Waals surface area contributed by atoms with Gasteiger partial charge in [-0.25, -0.2) is 4.79 Å². The van der Waals surface area contributed by atoms with Crippen LogP contribution in [0.1, 0.15) is 18.1 Å². The topological polar surface area (TPSA) is 89.5 Å². The summed E-state index contributed by atoms with van der Waals surface area (Å²) in [4.78, 5) is 25.3. The molecule has 3 amide bonds. The van der Waals surface area contributed by atoms with Crippen LogP contribution in [0.3, 0.4) is 0 Å². The Kier molecular flexibility index (Phi) is 5.21. The molecule has 0 spiro atoms. The number of methoxy groups -OCH3 is 3. The average molecular weight is 383 g/mol. The van der Waals surface area contributed by atoms with Crippen molar-refractivity contribution in [3.63, 3.8) is 0 Å². The molecular weight excluding hydrogens is 362 g/mol. The summed E-state index contributed by atoms with van der Waals surface area (Å²) in [6.07, 6.45) is 1.35. The van der Waals surface area contributed by atoms with Gasteiger partial charge in [0.25, 0.3) is 5.91 Å². The maximum absolute atomic E-state index is 12.9. The minimum absolute atomic E-state index is 0.429. The van der Waals surface area contributed by atoms with Gasteiger partial charge in [0, 0.05) is 12.1 Å². The van der Waals surface area contributed by atoms with Gasteiger partial charge < -0.3 is 19.5 Å². The van der Waals surface area contributed by atoms with Crippen molar-refractivity contribution in [3.8, 4) is 17.2 Å². The molecule has 0 aliphatic carbocycles. The average Bonchev–Trinajstić information content (AvgIpc) is 2.95. The number of rotatable bonds is 6. The second-order valence-corrected chi connectivity index (χ2v) is 6.23. The maximum atomic E-state index is 12.9. The first-order chi connectivity index (χ1) is 13.4. The number of nitrogens with zero attached hydrogens (tertiary/aromatic N) is 2. The number of nitrogens with one attached hydrogen (secondary N) is 1. The standard InChI is InChI=1S/C20H21N3O5/c1-20(13-8-6-5-7-9-13)18(24)23(19(25)22-20)21-12-15-16(27-3)10-14(26-2)11-17(15)28-4/h5-12H,1-4H3,(H,22,25)/t20-/m0/s1. The van der Waals surface area contributed by atoms with Crippen LogP contribution in [-0.4, -0.2) is 44.5 Å². The van der Waals surface area contributed by atoms with Crippen molar-refractivity contribution in [2.24, 2.45) is 5.10 Å². The number of hydrogen-bond acceptors (Lipinski definition) is 6. The lowest BCUT2D eigenvalue weighted by Crippen LogP contribution is -2.40. The third-order valence-electron chi connectivity index (χ3n) is 4.58. The van der Waals surface area contributed by atoms with E-state index in [0.29, 0.717) is 28.4 Å². The lowest BCUT2D eigenvalue weighted by molar-refractivity contribution is -0.131. The van der Waals surface area contributed by atoms with Gasteiger partial charge in [-0.05, 0) is 12.5 Å². The molecule has 8 heteroatoms. The Bertz CT molecular complexity index is 904. The molecule has 28 heavy (non-hydrogen) atoms. The SMILES string of the molecule is COc1cc(OC)c(C=NN2C(=O)N[C@@](C)(c3ccccc3)C2=O)c(OC)c1. The minimum atomic E-state index is -1.19. The van der Waals surface area contributed by atoms with Crippen molar-refractivity contribution >= 4 is 18.2 Å². The molecule has 2 aromatic carbocycles. The number of carbonyl (C=O) groups excluding carboxylic acids is 2. The zero-order valence-corrected chi connectivity index (χ0v) is 16.1. The molecule has 0 radical (unpaired) electrons. The van der Waals surface area contributed by atoms with Crippen LogP contribution in [0.4, 0.5) is 4.79 Å². The van der Waals surface area contributed by atoms with Gasteiger partial charge >= 0.3 is 6.03 Å². The maximum Gasteiger partial charge on any atom is 0.346 e. The summed E-state index contributed by atoms with van der Waals surface area (Å²) in [5.74, 6) is 0.916. The predicted molar refractivity (Wildman–Crippen MR) is 103 cm³/mol. The second-order valence-electron chi connectivity index (χ2n) is 6.23. The van der Waals surface area contributed by atoms with E-state index in [1.165, 1.54) is 27.5 Å². The Morgan fingerprint density at radius 3 is 2.14 bits per heavy atom. The van der Waals surface area contributed by atoms with Crippen LogP contribution < -0.4 is 19.5 Å². The molecule has 1 fully saturated rings. The number of amides is 3. The zero-order valence-electron chi connectivity index (χ0n) is 16.1. The molecule has 1 aliphatic heterocycles. The highest BCUT2D eigenvalue weighted by molar-refractivity contribution is 6.07.